The van der Waals surface area contributed by atoms with Crippen molar-refractivity contribution in [3.63, 3.8) is 0 Å². The number of nitrogens with zero attached hydrogens (tertiary/aromatic N) is 2. The molecule has 0 aliphatic rings. The molecular weight excluding hydrogens is 262 g/mol. The number of aromatic nitrogens is 2. The molecular formula is C17H21N3O. The lowest BCUT2D eigenvalue weighted by atomic mass is 9.96. The van der Waals surface area contributed by atoms with Gasteiger partial charge in [-0.05, 0) is 11.5 Å². The number of carbonyl (C=O) groups is 1. The van der Waals surface area contributed by atoms with Crippen molar-refractivity contribution in [1.29, 1.82) is 0 Å². The summed E-state index contributed by atoms with van der Waals surface area (Å²) in [5, 5.41) is 3.47. The van der Waals surface area contributed by atoms with Gasteiger partial charge in [-0.25, -0.2) is 4.98 Å². The smallest absolute Gasteiger partial charge is 0.184 e. The lowest BCUT2D eigenvalue weighted by Gasteiger charge is -2.22. The third kappa shape index (κ3) is 4.46. The number of benzene rings is 1. The van der Waals surface area contributed by atoms with Crippen molar-refractivity contribution < 1.29 is 4.79 Å². The average Bonchev–Trinajstić information content (AvgIpc) is 2.52. The van der Waals surface area contributed by atoms with Crippen molar-refractivity contribution in [3.05, 3.63) is 60.2 Å². The quantitative estimate of drug-likeness (QED) is 0.794. The fraction of sp³-hybridized carbons (Fsp3) is 0.353. The van der Waals surface area contributed by atoms with Crippen LogP contribution in [0.5, 0.6) is 0 Å². The van der Waals surface area contributed by atoms with Gasteiger partial charge in [0.15, 0.2) is 5.78 Å². The zero-order chi connectivity index (χ0) is 15.1. The number of nitrogens with one attached hydrogen (secondary N) is 1. The number of ketones is 1. The van der Waals surface area contributed by atoms with E-state index in [-0.39, 0.29) is 11.8 Å². The molecule has 1 heterocycles. The fourth-order valence-electron chi connectivity index (χ4n) is 2.31. The van der Waals surface area contributed by atoms with Crippen LogP contribution in [0.25, 0.3) is 0 Å². The topological polar surface area (TPSA) is 54.9 Å². The molecule has 2 aromatic rings. The molecule has 0 saturated carbocycles. The Bertz CT molecular complexity index is 555. The van der Waals surface area contributed by atoms with Crippen molar-refractivity contribution in [2.45, 2.75) is 26.3 Å². The molecule has 2 rings (SSSR count). The van der Waals surface area contributed by atoms with Gasteiger partial charge in [0.05, 0.1) is 6.20 Å². The molecule has 0 bridgehead atoms. The Balaban J connectivity index is 1.90. The maximum Gasteiger partial charge on any atom is 0.184 e. The minimum Gasteiger partial charge on any atom is -0.309 e. The Hall–Kier alpha value is -2.07. The molecule has 1 aromatic heterocycles. The molecule has 1 aromatic carbocycles. The number of rotatable bonds is 7. The summed E-state index contributed by atoms with van der Waals surface area (Å²) in [7, 11) is 0. The molecule has 4 heteroatoms. The van der Waals surface area contributed by atoms with Crippen molar-refractivity contribution in [1.82, 2.24) is 15.3 Å². The number of carbonyl (C=O) groups excluding carboxylic acids is 1. The highest BCUT2D eigenvalue weighted by Crippen LogP contribution is 2.21. The third-order valence-corrected chi connectivity index (χ3v) is 3.39. The van der Waals surface area contributed by atoms with Gasteiger partial charge in [0.2, 0.25) is 0 Å². The van der Waals surface area contributed by atoms with Crippen molar-refractivity contribution in [3.8, 4) is 0 Å². The molecule has 4 nitrogen and oxygen atoms in total. The molecule has 0 spiro atoms. The van der Waals surface area contributed by atoms with E-state index in [1.54, 1.807) is 12.4 Å². The molecule has 1 N–H and O–H groups in total. The maximum absolute atomic E-state index is 12.0. The van der Waals surface area contributed by atoms with Gasteiger partial charge in [-0.3, -0.25) is 9.78 Å². The molecule has 0 fully saturated rings. The van der Waals surface area contributed by atoms with Crippen molar-refractivity contribution >= 4 is 5.78 Å². The second-order valence-electron chi connectivity index (χ2n) is 5.35. The van der Waals surface area contributed by atoms with E-state index in [2.05, 4.69) is 41.3 Å². The molecule has 110 valence electrons. The summed E-state index contributed by atoms with van der Waals surface area (Å²) < 4.78 is 0. The molecule has 0 radical (unpaired) electrons. The standard InChI is InChI=1S/C17H21N3O/c1-13(2)17(14-6-4-3-5-7-14)20-9-8-16(21)15-12-18-10-11-19-15/h3-7,10-13,17,20H,8-9H2,1-2H3. The Morgan fingerprint density at radius 2 is 1.95 bits per heavy atom. The number of Topliss-reactive ketones (excluding diaryl/α,β-unsaturated/α-hetero) is 1. The predicted molar refractivity (Wildman–Crippen MR) is 83.0 cm³/mol. The SMILES string of the molecule is CC(C)C(NCCC(=O)c1cnccn1)c1ccccc1. The summed E-state index contributed by atoms with van der Waals surface area (Å²) in [6.07, 6.45) is 5.05. The van der Waals surface area contributed by atoms with E-state index in [4.69, 9.17) is 0 Å². The zero-order valence-corrected chi connectivity index (χ0v) is 12.5. The van der Waals surface area contributed by atoms with E-state index in [9.17, 15) is 4.79 Å². The van der Waals surface area contributed by atoms with E-state index in [1.165, 1.54) is 11.8 Å². The maximum atomic E-state index is 12.0. The summed E-state index contributed by atoms with van der Waals surface area (Å²) in [5.74, 6) is 0.477. The lowest BCUT2D eigenvalue weighted by Crippen LogP contribution is -2.28. The van der Waals surface area contributed by atoms with E-state index in [1.807, 2.05) is 18.2 Å². The van der Waals surface area contributed by atoms with Crippen LogP contribution in [0.4, 0.5) is 0 Å². The molecule has 1 atom stereocenters. The molecule has 21 heavy (non-hydrogen) atoms. The highest BCUT2D eigenvalue weighted by Gasteiger charge is 2.15. The van der Waals surface area contributed by atoms with Crippen LogP contribution in [0.2, 0.25) is 0 Å². The van der Waals surface area contributed by atoms with E-state index >= 15 is 0 Å². The predicted octanol–water partition coefficient (Wildman–Crippen LogP) is 3.04. The number of hydrogen-bond acceptors (Lipinski definition) is 4. The fourth-order valence-corrected chi connectivity index (χ4v) is 2.31. The highest BCUT2D eigenvalue weighted by atomic mass is 16.1. The molecule has 0 amide bonds. The van der Waals surface area contributed by atoms with Gasteiger partial charge in [0.25, 0.3) is 0 Å². The minimum atomic E-state index is 0.0196. The van der Waals surface area contributed by atoms with Gasteiger partial charge >= 0.3 is 0 Å². The van der Waals surface area contributed by atoms with Gasteiger partial charge in [0.1, 0.15) is 5.69 Å². The van der Waals surface area contributed by atoms with Crippen LogP contribution < -0.4 is 5.32 Å². The Morgan fingerprint density at radius 1 is 1.19 bits per heavy atom. The van der Waals surface area contributed by atoms with Crippen LogP contribution in [-0.2, 0) is 0 Å². The second-order valence-corrected chi connectivity index (χ2v) is 5.35. The van der Waals surface area contributed by atoms with Gasteiger partial charge in [-0.2, -0.15) is 0 Å². The van der Waals surface area contributed by atoms with Crippen molar-refractivity contribution in [2.24, 2.45) is 5.92 Å². The van der Waals surface area contributed by atoms with E-state index < -0.39 is 0 Å². The summed E-state index contributed by atoms with van der Waals surface area (Å²) >= 11 is 0. The van der Waals surface area contributed by atoms with E-state index in [0.717, 1.165) is 0 Å². The largest absolute Gasteiger partial charge is 0.309 e. The molecule has 0 aliphatic carbocycles. The summed E-state index contributed by atoms with van der Waals surface area (Å²) in [6, 6.07) is 10.6. The zero-order valence-electron chi connectivity index (χ0n) is 12.5. The monoisotopic (exact) mass is 283 g/mol. The Morgan fingerprint density at radius 3 is 2.57 bits per heavy atom. The van der Waals surface area contributed by atoms with Crippen LogP contribution in [0.1, 0.15) is 42.4 Å². The first-order chi connectivity index (χ1) is 10.2. The van der Waals surface area contributed by atoms with Crippen LogP contribution in [0.15, 0.2) is 48.9 Å². The first-order valence-corrected chi connectivity index (χ1v) is 7.26. The van der Waals surface area contributed by atoms with Crippen molar-refractivity contribution in [2.75, 3.05) is 6.54 Å². The van der Waals surface area contributed by atoms with Crippen LogP contribution >= 0.6 is 0 Å². The summed E-state index contributed by atoms with van der Waals surface area (Å²) in [4.78, 5) is 19.9. The van der Waals surface area contributed by atoms with E-state index in [0.29, 0.717) is 24.6 Å². The Labute approximate surface area is 125 Å². The molecule has 0 aliphatic heterocycles. The average molecular weight is 283 g/mol. The van der Waals surface area contributed by atoms with Gasteiger partial charge in [-0.1, -0.05) is 44.2 Å². The normalized spacial score (nSPS) is 12.3. The number of hydrogen-bond donors (Lipinski definition) is 1. The van der Waals surface area contributed by atoms with Crippen LogP contribution in [-0.4, -0.2) is 22.3 Å². The highest BCUT2D eigenvalue weighted by molar-refractivity contribution is 5.93. The first-order valence-electron chi connectivity index (χ1n) is 7.26. The summed E-state index contributed by atoms with van der Waals surface area (Å²) in [6.45, 7) is 4.98. The summed E-state index contributed by atoms with van der Waals surface area (Å²) in [5.41, 5.74) is 1.68. The molecule has 1 unspecified atom stereocenters. The van der Waals surface area contributed by atoms with Crippen LogP contribution in [0.3, 0.4) is 0 Å². The van der Waals surface area contributed by atoms with Gasteiger partial charge < -0.3 is 5.32 Å². The first kappa shape index (κ1) is 15.3. The Kier molecular flexibility index (Phi) is 5.58. The molecule has 0 saturated heterocycles. The van der Waals surface area contributed by atoms with Gasteiger partial charge in [0, 0.05) is 31.4 Å². The second kappa shape index (κ2) is 7.64. The lowest BCUT2D eigenvalue weighted by molar-refractivity contribution is 0.0975. The van der Waals surface area contributed by atoms with Crippen LogP contribution in [0, 0.1) is 5.92 Å². The van der Waals surface area contributed by atoms with Gasteiger partial charge in [-0.15, -0.1) is 0 Å². The minimum absolute atomic E-state index is 0.0196. The third-order valence-electron chi connectivity index (χ3n) is 3.39.